The molecule has 30 heteroatoms. The second kappa shape index (κ2) is 66.7. The van der Waals surface area contributed by atoms with Crippen LogP contribution in [0.3, 0.4) is 0 Å². The average Bonchev–Trinajstić information content (AvgIpc) is 2.03. The molecule has 1 aromatic heterocycles. The van der Waals surface area contributed by atoms with E-state index in [1.54, 1.807) is 18.4 Å². The molecule has 1 saturated heterocycles. The summed E-state index contributed by atoms with van der Waals surface area (Å²) in [6, 6.07) is 7.67. The van der Waals surface area contributed by atoms with Crippen LogP contribution in [0, 0.1) is 6.92 Å². The van der Waals surface area contributed by atoms with E-state index in [4.69, 9.17) is 114 Å². The van der Waals surface area contributed by atoms with Crippen molar-refractivity contribution in [3.63, 3.8) is 0 Å². The molecule has 0 aliphatic carbocycles. The quantitative estimate of drug-likeness (QED) is 0.0711. The van der Waals surface area contributed by atoms with E-state index >= 15 is 0 Å². The lowest BCUT2D eigenvalue weighted by Crippen LogP contribution is -2.39. The van der Waals surface area contributed by atoms with Gasteiger partial charge in [-0.15, -0.1) is 11.3 Å². The van der Waals surface area contributed by atoms with E-state index in [0.717, 1.165) is 21.7 Å². The van der Waals surface area contributed by atoms with Crippen molar-refractivity contribution in [1.29, 1.82) is 0 Å². The van der Waals surface area contributed by atoms with Crippen LogP contribution in [0.15, 0.2) is 29.8 Å². The Balaban J connectivity index is 0.877. The van der Waals surface area contributed by atoms with Gasteiger partial charge in [0.1, 0.15) is 6.10 Å². The van der Waals surface area contributed by atoms with Gasteiger partial charge in [-0.25, -0.2) is 4.98 Å². The van der Waals surface area contributed by atoms with Crippen LogP contribution in [0.5, 0.6) is 0 Å². The lowest BCUT2D eigenvalue weighted by Gasteiger charge is -2.15. The molecule has 1 amide bonds. The molecular formula is C65H115N3O26S. The Kier molecular flexibility index (Phi) is 60.4. The summed E-state index contributed by atoms with van der Waals surface area (Å²) in [6.07, 6.45) is -0.195. The Bertz CT molecular complexity index is 1980. The Morgan fingerprint density at radius 2 is 0.726 bits per heavy atom. The summed E-state index contributed by atoms with van der Waals surface area (Å²) in [7, 11) is 1.64. The molecule has 0 radical (unpaired) electrons. The molecule has 29 nitrogen and oxygen atoms in total. The number of aromatic nitrogens is 1. The van der Waals surface area contributed by atoms with Crippen molar-refractivity contribution in [1.82, 2.24) is 15.6 Å². The number of benzene rings is 1. The van der Waals surface area contributed by atoms with Crippen LogP contribution in [-0.2, 0) is 130 Å². The van der Waals surface area contributed by atoms with Gasteiger partial charge in [0.05, 0.1) is 325 Å². The van der Waals surface area contributed by atoms with E-state index in [1.807, 2.05) is 43.6 Å². The molecular weight excluding hydrogens is 1270 g/mol. The summed E-state index contributed by atoms with van der Waals surface area (Å²) in [5.74, 6) is -0.486. The average molecular weight is 1390 g/mol. The van der Waals surface area contributed by atoms with E-state index in [1.165, 1.54) is 0 Å². The lowest BCUT2D eigenvalue weighted by molar-refractivity contribution is -0.151. The van der Waals surface area contributed by atoms with Crippen molar-refractivity contribution in [2.45, 2.75) is 51.5 Å². The van der Waals surface area contributed by atoms with Gasteiger partial charge < -0.3 is 124 Å². The standard InChI is InChI=1S/C65H115N3O26S/c1-57(52-63(69)94-61-53-62(66-55-61)65(70)67-54-59-4-6-60(7-5-59)64-58(2)68-56-95-64)93-51-50-92-49-48-91-47-46-90-45-44-89-43-42-88-41-40-87-39-38-86-37-36-85-35-34-84-33-32-83-31-30-82-29-28-81-27-26-80-25-24-79-23-22-78-21-20-77-19-18-76-17-16-75-15-14-74-13-12-73-11-10-72-9-8-71-3/h4-7,56-57,61-62,66H,8-55H2,1-3H3,(H,67,70). The molecule has 552 valence electrons. The number of carbonyl (C=O) groups excluding carboxylic acids is 2. The number of nitrogens with one attached hydrogen (secondary N) is 2. The maximum atomic E-state index is 12.8. The van der Waals surface area contributed by atoms with Crippen LogP contribution in [0.1, 0.15) is 31.0 Å². The number of esters is 1. The largest absolute Gasteiger partial charge is 0.461 e. The van der Waals surface area contributed by atoms with Crippen LogP contribution in [0.2, 0.25) is 0 Å². The fourth-order valence-corrected chi connectivity index (χ4v) is 8.95. The number of nitrogens with zero attached hydrogens (tertiary/aromatic N) is 1. The van der Waals surface area contributed by atoms with Crippen LogP contribution < -0.4 is 10.6 Å². The van der Waals surface area contributed by atoms with Crippen LogP contribution in [-0.4, -0.2) is 339 Å². The van der Waals surface area contributed by atoms with Crippen LogP contribution >= 0.6 is 11.3 Å². The van der Waals surface area contributed by atoms with Gasteiger partial charge in [0, 0.05) is 26.6 Å². The number of methoxy groups -OCH3 is 1. The first kappa shape index (κ1) is 86.1. The van der Waals surface area contributed by atoms with Crippen molar-refractivity contribution >= 4 is 23.2 Å². The predicted octanol–water partition coefficient (Wildman–Crippen LogP) is 2.80. The van der Waals surface area contributed by atoms with Crippen molar-refractivity contribution in [3.05, 3.63) is 41.0 Å². The summed E-state index contributed by atoms with van der Waals surface area (Å²) in [4.78, 5) is 30.8. The van der Waals surface area contributed by atoms with Crippen molar-refractivity contribution < 1.29 is 123 Å². The monoisotopic (exact) mass is 1390 g/mol. The van der Waals surface area contributed by atoms with E-state index in [-0.39, 0.29) is 30.5 Å². The third-order valence-corrected chi connectivity index (χ3v) is 14.1. The van der Waals surface area contributed by atoms with Crippen molar-refractivity contribution in [2.75, 3.05) is 304 Å². The van der Waals surface area contributed by atoms with Gasteiger partial charge in [0.25, 0.3) is 0 Å². The fraction of sp³-hybridized carbons (Fsp3) is 0.831. The molecule has 0 saturated carbocycles. The van der Waals surface area contributed by atoms with Crippen molar-refractivity contribution in [2.24, 2.45) is 0 Å². The first-order chi connectivity index (χ1) is 47.0. The van der Waals surface area contributed by atoms with Gasteiger partial charge in [0.15, 0.2) is 0 Å². The number of carbonyl (C=O) groups is 2. The van der Waals surface area contributed by atoms with Crippen LogP contribution in [0.4, 0.5) is 0 Å². The molecule has 2 heterocycles. The van der Waals surface area contributed by atoms with E-state index in [2.05, 4.69) is 15.6 Å². The smallest absolute Gasteiger partial charge is 0.308 e. The van der Waals surface area contributed by atoms with Gasteiger partial charge in [-0.05, 0) is 25.0 Å². The number of amides is 1. The number of aryl methyl sites for hydroxylation is 1. The third-order valence-electron chi connectivity index (χ3n) is 13.1. The molecule has 1 aliphatic heterocycles. The molecule has 1 aromatic carbocycles. The normalized spacial score (nSPS) is 14.3. The molecule has 3 atom stereocenters. The Labute approximate surface area is 567 Å². The lowest BCUT2D eigenvalue weighted by atomic mass is 10.1. The van der Waals surface area contributed by atoms with Gasteiger partial charge in [-0.3, -0.25) is 9.59 Å². The first-order valence-corrected chi connectivity index (χ1v) is 34.3. The maximum absolute atomic E-state index is 12.8. The predicted molar refractivity (Wildman–Crippen MR) is 350 cm³/mol. The molecule has 3 rings (SSSR count). The minimum atomic E-state index is -0.425. The minimum absolute atomic E-state index is 0.107. The van der Waals surface area contributed by atoms with Crippen molar-refractivity contribution in [3.8, 4) is 10.4 Å². The zero-order chi connectivity index (χ0) is 67.5. The third kappa shape index (κ3) is 54.4. The molecule has 95 heavy (non-hydrogen) atoms. The summed E-state index contributed by atoms with van der Waals surface area (Å²) in [6.45, 7) is 25.7. The SMILES string of the molecule is COCCOCCOCCOCCOCCOCCOCCOCCOCCOCCOCCOCCOCCOCCOCCOCCOCCOCCOCCOCCOCCOCCOC(C)CC(=O)OC1CNC(C(=O)NCc2ccc(-c3scnc3C)cc2)C1. The number of hydrogen-bond donors (Lipinski definition) is 2. The summed E-state index contributed by atoms with van der Waals surface area (Å²) in [5.41, 5.74) is 4.95. The zero-order valence-electron chi connectivity index (χ0n) is 57.0. The number of hydrogen-bond acceptors (Lipinski definition) is 29. The Hall–Kier alpha value is -3.17. The van der Waals surface area contributed by atoms with Gasteiger partial charge in [0.2, 0.25) is 5.91 Å². The molecule has 2 aromatic rings. The zero-order valence-corrected chi connectivity index (χ0v) is 57.8. The minimum Gasteiger partial charge on any atom is -0.461 e. The highest BCUT2D eigenvalue weighted by atomic mass is 32.1. The Morgan fingerprint density at radius 1 is 0.442 bits per heavy atom. The van der Waals surface area contributed by atoms with Crippen LogP contribution in [0.25, 0.3) is 10.4 Å². The van der Waals surface area contributed by atoms with E-state index in [0.29, 0.717) is 310 Å². The Morgan fingerprint density at radius 3 is 1.00 bits per heavy atom. The second-order valence-corrected chi connectivity index (χ2v) is 21.6. The fourth-order valence-electron chi connectivity index (χ4n) is 8.14. The number of rotatable bonds is 74. The van der Waals surface area contributed by atoms with E-state index in [9.17, 15) is 9.59 Å². The number of thiazole rings is 1. The maximum Gasteiger partial charge on any atom is 0.308 e. The highest BCUT2D eigenvalue weighted by Gasteiger charge is 2.32. The van der Waals surface area contributed by atoms with E-state index < -0.39 is 6.04 Å². The van der Waals surface area contributed by atoms with Gasteiger partial charge in [-0.2, -0.15) is 0 Å². The molecule has 3 unspecified atom stereocenters. The van der Waals surface area contributed by atoms with Gasteiger partial charge >= 0.3 is 5.97 Å². The topological polar surface area (TPSA) is 293 Å². The second-order valence-electron chi connectivity index (χ2n) is 20.7. The van der Waals surface area contributed by atoms with Gasteiger partial charge in [-0.1, -0.05) is 24.3 Å². The molecule has 2 N–H and O–H groups in total. The summed E-state index contributed by atoms with van der Waals surface area (Å²) < 4.78 is 132. The molecule has 0 spiro atoms. The molecule has 1 aliphatic rings. The first-order valence-electron chi connectivity index (χ1n) is 33.4. The highest BCUT2D eigenvalue weighted by Crippen LogP contribution is 2.27. The molecule has 0 bridgehead atoms. The summed E-state index contributed by atoms with van der Waals surface area (Å²) >= 11 is 1.61. The highest BCUT2D eigenvalue weighted by molar-refractivity contribution is 7.13. The molecule has 1 fully saturated rings. The summed E-state index contributed by atoms with van der Waals surface area (Å²) in [5, 5.41) is 6.14. The number of ether oxygens (including phenoxy) is 24.